The molecule has 3 unspecified atom stereocenters. The fraction of sp³-hybridized carbons (Fsp3) is 1.00. The third kappa shape index (κ3) is 3.97. The molecule has 0 heterocycles. The lowest BCUT2D eigenvalue weighted by Gasteiger charge is -2.29. The van der Waals surface area contributed by atoms with Gasteiger partial charge >= 0.3 is 0 Å². The average molecular weight is 199 g/mol. The molecule has 0 spiro atoms. The number of rotatable bonds is 5. The maximum Gasteiger partial charge on any atom is 0.0667 e. The van der Waals surface area contributed by atoms with Crippen LogP contribution in [0.4, 0.5) is 0 Å². The van der Waals surface area contributed by atoms with E-state index < -0.39 is 0 Å². The first-order valence-electron chi connectivity index (χ1n) is 5.97. The van der Waals surface area contributed by atoms with E-state index in [2.05, 4.69) is 19.2 Å². The van der Waals surface area contributed by atoms with Crippen molar-refractivity contribution in [2.45, 2.75) is 45.6 Å². The standard InChI is InChI=1S/C12H25NO/c1-10-6-4-5-7-12(10)9-13-8-11(2)14-3/h10-13H,4-9H2,1-3H3. The lowest BCUT2D eigenvalue weighted by molar-refractivity contribution is 0.114. The minimum Gasteiger partial charge on any atom is -0.380 e. The normalized spacial score (nSPS) is 30.2. The molecule has 1 fully saturated rings. The number of hydrogen-bond donors (Lipinski definition) is 1. The summed E-state index contributed by atoms with van der Waals surface area (Å²) in [6.07, 6.45) is 6.04. The molecule has 0 radical (unpaired) electrons. The minimum atomic E-state index is 0.342. The van der Waals surface area contributed by atoms with E-state index in [1.54, 1.807) is 7.11 Å². The summed E-state index contributed by atoms with van der Waals surface area (Å²) < 4.78 is 5.20. The highest BCUT2D eigenvalue weighted by atomic mass is 16.5. The molecule has 14 heavy (non-hydrogen) atoms. The fourth-order valence-corrected chi connectivity index (χ4v) is 2.25. The van der Waals surface area contributed by atoms with Crippen molar-refractivity contribution in [2.24, 2.45) is 11.8 Å². The van der Waals surface area contributed by atoms with Crippen molar-refractivity contribution in [1.29, 1.82) is 0 Å². The molecule has 1 saturated carbocycles. The molecule has 0 saturated heterocycles. The van der Waals surface area contributed by atoms with Gasteiger partial charge in [-0.2, -0.15) is 0 Å². The number of methoxy groups -OCH3 is 1. The SMILES string of the molecule is COC(C)CNCC1CCCCC1C. The highest BCUT2D eigenvalue weighted by Crippen LogP contribution is 2.28. The zero-order valence-corrected chi connectivity index (χ0v) is 9.88. The van der Waals surface area contributed by atoms with Crippen LogP contribution < -0.4 is 5.32 Å². The maximum atomic E-state index is 5.20. The molecule has 3 atom stereocenters. The molecular formula is C12H25NO. The molecule has 1 aliphatic rings. The van der Waals surface area contributed by atoms with Crippen molar-refractivity contribution in [3.05, 3.63) is 0 Å². The van der Waals surface area contributed by atoms with Gasteiger partial charge in [0.2, 0.25) is 0 Å². The van der Waals surface area contributed by atoms with Gasteiger partial charge in [0.1, 0.15) is 0 Å². The highest BCUT2D eigenvalue weighted by Gasteiger charge is 2.20. The van der Waals surface area contributed by atoms with Crippen LogP contribution in [0.15, 0.2) is 0 Å². The first-order valence-corrected chi connectivity index (χ1v) is 5.97. The molecule has 0 aromatic heterocycles. The molecule has 0 bridgehead atoms. The Morgan fingerprint density at radius 2 is 2.07 bits per heavy atom. The van der Waals surface area contributed by atoms with Crippen LogP contribution in [-0.4, -0.2) is 26.3 Å². The van der Waals surface area contributed by atoms with Crippen molar-refractivity contribution in [3.8, 4) is 0 Å². The Balaban J connectivity index is 2.10. The number of ether oxygens (including phenoxy) is 1. The van der Waals surface area contributed by atoms with Crippen molar-refractivity contribution in [1.82, 2.24) is 5.32 Å². The van der Waals surface area contributed by atoms with E-state index in [1.165, 1.54) is 32.2 Å². The lowest BCUT2D eigenvalue weighted by atomic mass is 9.80. The predicted octanol–water partition coefficient (Wildman–Crippen LogP) is 2.44. The first kappa shape index (κ1) is 12.0. The highest BCUT2D eigenvalue weighted by molar-refractivity contribution is 4.74. The summed E-state index contributed by atoms with van der Waals surface area (Å²) in [4.78, 5) is 0. The summed E-state index contributed by atoms with van der Waals surface area (Å²) in [5, 5.41) is 3.51. The Morgan fingerprint density at radius 1 is 1.36 bits per heavy atom. The maximum absolute atomic E-state index is 5.20. The molecular weight excluding hydrogens is 174 g/mol. The Morgan fingerprint density at radius 3 is 2.71 bits per heavy atom. The number of hydrogen-bond acceptors (Lipinski definition) is 2. The Bertz CT molecular complexity index is 149. The van der Waals surface area contributed by atoms with E-state index in [9.17, 15) is 0 Å². The average Bonchev–Trinajstić information content (AvgIpc) is 2.20. The summed E-state index contributed by atoms with van der Waals surface area (Å²) in [5.74, 6) is 1.81. The van der Waals surface area contributed by atoms with E-state index >= 15 is 0 Å². The van der Waals surface area contributed by atoms with E-state index in [4.69, 9.17) is 4.74 Å². The third-order valence-electron chi connectivity index (χ3n) is 3.53. The molecule has 2 heteroatoms. The quantitative estimate of drug-likeness (QED) is 0.734. The van der Waals surface area contributed by atoms with Crippen LogP contribution in [0.3, 0.4) is 0 Å². The fourth-order valence-electron chi connectivity index (χ4n) is 2.25. The van der Waals surface area contributed by atoms with Crippen LogP contribution in [-0.2, 0) is 4.74 Å². The zero-order chi connectivity index (χ0) is 10.4. The Labute approximate surface area is 88.4 Å². The molecule has 0 aromatic rings. The van der Waals surface area contributed by atoms with E-state index in [-0.39, 0.29) is 0 Å². The van der Waals surface area contributed by atoms with Crippen LogP contribution in [0, 0.1) is 11.8 Å². The van der Waals surface area contributed by atoms with Gasteiger partial charge in [0.25, 0.3) is 0 Å². The smallest absolute Gasteiger partial charge is 0.0667 e. The van der Waals surface area contributed by atoms with Gasteiger partial charge in [-0.3, -0.25) is 0 Å². The zero-order valence-electron chi connectivity index (χ0n) is 9.88. The Kier molecular flexibility index (Phi) is 5.49. The van der Waals surface area contributed by atoms with Crippen molar-refractivity contribution < 1.29 is 4.74 Å². The van der Waals surface area contributed by atoms with Gasteiger partial charge in [0.05, 0.1) is 6.10 Å². The predicted molar refractivity (Wildman–Crippen MR) is 60.5 cm³/mol. The Hall–Kier alpha value is -0.0800. The van der Waals surface area contributed by atoms with Crippen LogP contribution in [0.1, 0.15) is 39.5 Å². The molecule has 1 aliphatic carbocycles. The first-order chi connectivity index (χ1) is 6.74. The topological polar surface area (TPSA) is 21.3 Å². The summed E-state index contributed by atoms with van der Waals surface area (Å²) in [7, 11) is 1.77. The largest absolute Gasteiger partial charge is 0.380 e. The molecule has 84 valence electrons. The molecule has 0 aromatic carbocycles. The molecule has 0 aliphatic heterocycles. The van der Waals surface area contributed by atoms with Crippen LogP contribution in [0.25, 0.3) is 0 Å². The second-order valence-corrected chi connectivity index (χ2v) is 4.73. The summed E-state index contributed by atoms with van der Waals surface area (Å²) in [6.45, 7) is 6.66. The van der Waals surface area contributed by atoms with Gasteiger partial charge in [-0.25, -0.2) is 0 Å². The van der Waals surface area contributed by atoms with E-state index in [0.717, 1.165) is 18.4 Å². The summed E-state index contributed by atoms with van der Waals surface area (Å²) in [5.41, 5.74) is 0. The molecule has 1 rings (SSSR count). The van der Waals surface area contributed by atoms with Gasteiger partial charge in [-0.1, -0.05) is 26.2 Å². The summed E-state index contributed by atoms with van der Waals surface area (Å²) in [6, 6.07) is 0. The monoisotopic (exact) mass is 199 g/mol. The van der Waals surface area contributed by atoms with Gasteiger partial charge in [0, 0.05) is 13.7 Å². The van der Waals surface area contributed by atoms with Gasteiger partial charge < -0.3 is 10.1 Å². The van der Waals surface area contributed by atoms with E-state index in [1.807, 2.05) is 0 Å². The van der Waals surface area contributed by atoms with Gasteiger partial charge in [-0.15, -0.1) is 0 Å². The van der Waals surface area contributed by atoms with Crippen molar-refractivity contribution >= 4 is 0 Å². The lowest BCUT2D eigenvalue weighted by Crippen LogP contribution is -2.33. The van der Waals surface area contributed by atoms with Crippen molar-refractivity contribution in [3.63, 3.8) is 0 Å². The molecule has 1 N–H and O–H groups in total. The number of nitrogens with one attached hydrogen (secondary N) is 1. The molecule has 0 amide bonds. The third-order valence-corrected chi connectivity index (χ3v) is 3.53. The summed E-state index contributed by atoms with van der Waals surface area (Å²) >= 11 is 0. The van der Waals surface area contributed by atoms with Crippen LogP contribution in [0.2, 0.25) is 0 Å². The second-order valence-electron chi connectivity index (χ2n) is 4.73. The van der Waals surface area contributed by atoms with Gasteiger partial charge in [-0.05, 0) is 31.7 Å². The minimum absolute atomic E-state index is 0.342. The van der Waals surface area contributed by atoms with E-state index in [0.29, 0.717) is 6.10 Å². The van der Waals surface area contributed by atoms with Crippen LogP contribution in [0.5, 0.6) is 0 Å². The van der Waals surface area contributed by atoms with Crippen LogP contribution >= 0.6 is 0 Å². The van der Waals surface area contributed by atoms with Crippen molar-refractivity contribution in [2.75, 3.05) is 20.2 Å². The second kappa shape index (κ2) is 6.41. The van der Waals surface area contributed by atoms with Gasteiger partial charge in [0.15, 0.2) is 0 Å². The molecule has 2 nitrogen and oxygen atoms in total.